The van der Waals surface area contributed by atoms with Crippen LogP contribution in [0.15, 0.2) is 42.5 Å². The smallest absolute Gasteiger partial charge is 0.178 e. The van der Waals surface area contributed by atoms with E-state index in [-0.39, 0.29) is 0 Å². The Balaban J connectivity index is 1.47. The molecule has 1 aliphatic rings. The third-order valence-corrected chi connectivity index (χ3v) is 4.79. The topological polar surface area (TPSA) is 58.3 Å². The zero-order valence-corrected chi connectivity index (χ0v) is 14.8. The van der Waals surface area contributed by atoms with Gasteiger partial charge in [0.25, 0.3) is 0 Å². The van der Waals surface area contributed by atoms with E-state index in [4.69, 9.17) is 5.10 Å². The SMILES string of the molecule is CN(C)C(CNc1ccc2nnc(C3CC3)n2n1)Cc1ccccc1. The van der Waals surface area contributed by atoms with Gasteiger partial charge in [-0.3, -0.25) is 0 Å². The fourth-order valence-electron chi connectivity index (χ4n) is 3.04. The molecule has 0 spiro atoms. The molecule has 1 aliphatic carbocycles. The first kappa shape index (κ1) is 16.0. The van der Waals surface area contributed by atoms with Crippen molar-refractivity contribution in [2.75, 3.05) is 26.0 Å². The van der Waals surface area contributed by atoms with Crippen molar-refractivity contribution in [1.29, 1.82) is 0 Å². The number of aromatic nitrogens is 4. The van der Waals surface area contributed by atoms with Gasteiger partial charge in [-0.05, 0) is 51.1 Å². The van der Waals surface area contributed by atoms with Crippen molar-refractivity contribution in [1.82, 2.24) is 24.7 Å². The second-order valence-electron chi connectivity index (χ2n) is 7.01. The summed E-state index contributed by atoms with van der Waals surface area (Å²) >= 11 is 0. The number of fused-ring (bicyclic) bond motifs is 1. The van der Waals surface area contributed by atoms with Gasteiger partial charge in [-0.15, -0.1) is 15.3 Å². The van der Waals surface area contributed by atoms with Crippen LogP contribution in [0.1, 0.15) is 30.1 Å². The highest BCUT2D eigenvalue weighted by molar-refractivity contribution is 5.44. The molecule has 0 radical (unpaired) electrons. The lowest BCUT2D eigenvalue weighted by Crippen LogP contribution is -2.36. The Morgan fingerprint density at radius 2 is 1.92 bits per heavy atom. The zero-order valence-electron chi connectivity index (χ0n) is 14.8. The van der Waals surface area contributed by atoms with Crippen molar-refractivity contribution in [2.45, 2.75) is 31.2 Å². The van der Waals surface area contributed by atoms with Crippen LogP contribution in [0.3, 0.4) is 0 Å². The van der Waals surface area contributed by atoms with Crippen LogP contribution in [-0.4, -0.2) is 51.4 Å². The molecule has 0 bridgehead atoms. The molecule has 1 saturated carbocycles. The molecule has 1 fully saturated rings. The molecule has 1 unspecified atom stereocenters. The molecular formula is C19H24N6. The monoisotopic (exact) mass is 336 g/mol. The molecule has 0 aliphatic heterocycles. The quantitative estimate of drug-likeness (QED) is 0.719. The normalized spacial score (nSPS) is 15.6. The molecule has 6 nitrogen and oxygen atoms in total. The van der Waals surface area contributed by atoms with Crippen LogP contribution >= 0.6 is 0 Å². The highest BCUT2D eigenvalue weighted by Crippen LogP contribution is 2.38. The number of likely N-dealkylation sites (N-methyl/N-ethyl adjacent to an activating group) is 1. The number of rotatable bonds is 7. The number of nitrogens with one attached hydrogen (secondary N) is 1. The Kier molecular flexibility index (Phi) is 4.36. The van der Waals surface area contributed by atoms with Crippen molar-refractivity contribution in [3.63, 3.8) is 0 Å². The molecule has 1 atom stereocenters. The van der Waals surface area contributed by atoms with E-state index < -0.39 is 0 Å². The lowest BCUT2D eigenvalue weighted by molar-refractivity contribution is 0.303. The molecule has 25 heavy (non-hydrogen) atoms. The predicted molar refractivity (Wildman–Crippen MR) is 98.9 cm³/mol. The summed E-state index contributed by atoms with van der Waals surface area (Å²) in [5, 5.41) is 16.7. The Morgan fingerprint density at radius 1 is 1.12 bits per heavy atom. The van der Waals surface area contributed by atoms with Crippen molar-refractivity contribution < 1.29 is 0 Å². The van der Waals surface area contributed by atoms with Crippen LogP contribution in [0.25, 0.3) is 5.65 Å². The van der Waals surface area contributed by atoms with E-state index in [2.05, 4.69) is 64.8 Å². The maximum absolute atomic E-state index is 4.70. The van der Waals surface area contributed by atoms with Crippen LogP contribution in [-0.2, 0) is 6.42 Å². The summed E-state index contributed by atoms with van der Waals surface area (Å²) in [4.78, 5) is 2.26. The Hall–Kier alpha value is -2.47. The van der Waals surface area contributed by atoms with Crippen LogP contribution in [0.4, 0.5) is 5.82 Å². The molecule has 0 amide bonds. The maximum Gasteiger partial charge on any atom is 0.178 e. The molecule has 0 saturated heterocycles. The molecular weight excluding hydrogens is 312 g/mol. The van der Waals surface area contributed by atoms with Crippen molar-refractivity contribution in [2.24, 2.45) is 0 Å². The number of benzene rings is 1. The van der Waals surface area contributed by atoms with Gasteiger partial charge in [0.15, 0.2) is 11.5 Å². The zero-order chi connectivity index (χ0) is 17.2. The third-order valence-electron chi connectivity index (χ3n) is 4.79. The van der Waals surface area contributed by atoms with Gasteiger partial charge in [-0.1, -0.05) is 30.3 Å². The molecule has 3 aromatic rings. The summed E-state index contributed by atoms with van der Waals surface area (Å²) < 4.78 is 1.89. The summed E-state index contributed by atoms with van der Waals surface area (Å²) in [5.74, 6) is 2.39. The fraction of sp³-hybridized carbons (Fsp3) is 0.421. The van der Waals surface area contributed by atoms with Gasteiger partial charge in [0, 0.05) is 18.5 Å². The first-order valence-corrected chi connectivity index (χ1v) is 8.87. The summed E-state index contributed by atoms with van der Waals surface area (Å²) in [6, 6.07) is 15.0. The van der Waals surface area contributed by atoms with Gasteiger partial charge < -0.3 is 10.2 Å². The molecule has 1 N–H and O–H groups in total. The maximum atomic E-state index is 4.70. The fourth-order valence-corrected chi connectivity index (χ4v) is 3.04. The first-order valence-electron chi connectivity index (χ1n) is 8.87. The van der Waals surface area contributed by atoms with Crippen molar-refractivity contribution in [3.8, 4) is 0 Å². The van der Waals surface area contributed by atoms with E-state index in [0.29, 0.717) is 12.0 Å². The van der Waals surface area contributed by atoms with E-state index in [0.717, 1.165) is 30.3 Å². The lowest BCUT2D eigenvalue weighted by atomic mass is 10.1. The summed E-state index contributed by atoms with van der Waals surface area (Å²) in [6.07, 6.45) is 3.39. The lowest BCUT2D eigenvalue weighted by Gasteiger charge is -2.25. The Labute approximate surface area is 147 Å². The average molecular weight is 336 g/mol. The molecule has 6 heteroatoms. The molecule has 130 valence electrons. The van der Waals surface area contributed by atoms with Crippen LogP contribution in [0.2, 0.25) is 0 Å². The minimum absolute atomic E-state index is 0.392. The van der Waals surface area contributed by atoms with Crippen LogP contribution < -0.4 is 5.32 Å². The predicted octanol–water partition coefficient (Wildman–Crippen LogP) is 2.59. The van der Waals surface area contributed by atoms with Gasteiger partial charge in [-0.25, -0.2) is 0 Å². The van der Waals surface area contributed by atoms with Gasteiger partial charge in [0.05, 0.1) is 0 Å². The van der Waals surface area contributed by atoms with Crippen LogP contribution in [0.5, 0.6) is 0 Å². The minimum atomic E-state index is 0.392. The second-order valence-corrected chi connectivity index (χ2v) is 7.01. The molecule has 4 rings (SSSR count). The second kappa shape index (κ2) is 6.80. The number of hydrogen-bond donors (Lipinski definition) is 1. The standard InChI is InChI=1S/C19H24N6/c1-24(2)16(12-14-6-4-3-5-7-14)13-20-17-10-11-18-21-22-19(15-8-9-15)25(18)23-17/h3-7,10-11,15-16H,8-9,12-13H2,1-2H3,(H,20,23). The van der Waals surface area contributed by atoms with Gasteiger partial charge in [0.2, 0.25) is 0 Å². The third kappa shape index (κ3) is 3.64. The minimum Gasteiger partial charge on any atom is -0.367 e. The Morgan fingerprint density at radius 3 is 2.64 bits per heavy atom. The van der Waals surface area contributed by atoms with Crippen molar-refractivity contribution >= 4 is 11.5 Å². The van der Waals surface area contributed by atoms with Gasteiger partial charge in [-0.2, -0.15) is 4.52 Å². The van der Waals surface area contributed by atoms with E-state index in [9.17, 15) is 0 Å². The van der Waals surface area contributed by atoms with E-state index in [1.807, 2.05) is 16.6 Å². The van der Waals surface area contributed by atoms with Crippen LogP contribution in [0, 0.1) is 0 Å². The summed E-state index contributed by atoms with van der Waals surface area (Å²) in [6.45, 7) is 0.835. The summed E-state index contributed by atoms with van der Waals surface area (Å²) in [7, 11) is 4.24. The van der Waals surface area contributed by atoms with Gasteiger partial charge in [0.1, 0.15) is 5.82 Å². The highest BCUT2D eigenvalue weighted by atomic mass is 15.4. The van der Waals surface area contributed by atoms with Crippen molar-refractivity contribution in [3.05, 3.63) is 53.9 Å². The largest absolute Gasteiger partial charge is 0.367 e. The van der Waals surface area contributed by atoms with Gasteiger partial charge >= 0.3 is 0 Å². The molecule has 2 heterocycles. The summed E-state index contributed by atoms with van der Waals surface area (Å²) in [5.41, 5.74) is 2.17. The highest BCUT2D eigenvalue weighted by Gasteiger charge is 2.29. The number of hydrogen-bond acceptors (Lipinski definition) is 5. The molecule has 1 aromatic carbocycles. The van der Waals surface area contributed by atoms with E-state index in [1.165, 1.54) is 18.4 Å². The first-order chi connectivity index (χ1) is 12.2. The number of anilines is 1. The van der Waals surface area contributed by atoms with E-state index >= 15 is 0 Å². The Bertz CT molecular complexity index is 838. The average Bonchev–Trinajstić information content (AvgIpc) is 3.38. The molecule has 2 aromatic heterocycles. The number of nitrogens with zero attached hydrogens (tertiary/aromatic N) is 5. The van der Waals surface area contributed by atoms with E-state index in [1.54, 1.807) is 0 Å².